The zero-order valence-electron chi connectivity index (χ0n) is 16.1. The number of amides is 1. The van der Waals surface area contributed by atoms with E-state index in [0.29, 0.717) is 5.16 Å². The Kier molecular flexibility index (Phi) is 5.96. The van der Waals surface area contributed by atoms with Crippen LogP contribution >= 0.6 is 11.8 Å². The first kappa shape index (κ1) is 19.2. The number of hydrogen-bond donors (Lipinski definition) is 1. The highest BCUT2D eigenvalue weighted by Crippen LogP contribution is 2.26. The van der Waals surface area contributed by atoms with Crippen molar-refractivity contribution in [3.05, 3.63) is 65.5 Å². The fourth-order valence-electron chi connectivity index (χ4n) is 2.69. The summed E-state index contributed by atoms with van der Waals surface area (Å²) >= 11 is 1.40. The molecule has 1 amide bonds. The maximum atomic E-state index is 12.6. The van der Waals surface area contributed by atoms with Gasteiger partial charge in [0.15, 0.2) is 5.16 Å². The molecule has 2 aromatic carbocycles. The summed E-state index contributed by atoms with van der Waals surface area (Å²) in [7, 11) is 0. The third-order valence-electron chi connectivity index (χ3n) is 4.37. The van der Waals surface area contributed by atoms with Crippen LogP contribution in [-0.2, 0) is 11.2 Å². The van der Waals surface area contributed by atoms with Gasteiger partial charge in [0.1, 0.15) is 5.82 Å². The lowest BCUT2D eigenvalue weighted by Crippen LogP contribution is -2.22. The van der Waals surface area contributed by atoms with Gasteiger partial charge < -0.3 is 5.32 Å². The van der Waals surface area contributed by atoms with E-state index in [0.717, 1.165) is 23.6 Å². The van der Waals surface area contributed by atoms with Crippen LogP contribution in [0.3, 0.4) is 0 Å². The number of nitrogens with zero attached hydrogens (tertiary/aromatic N) is 3. The van der Waals surface area contributed by atoms with Crippen molar-refractivity contribution in [3.8, 4) is 5.69 Å². The van der Waals surface area contributed by atoms with Crippen LogP contribution in [0.5, 0.6) is 0 Å². The van der Waals surface area contributed by atoms with Crippen LogP contribution in [-0.4, -0.2) is 25.9 Å². The SMILES string of the molecule is CCc1ccc(NC(=O)[C@@H](C)Sc2nnc(C)n2-c2ccc(C)cc2)cc1. The van der Waals surface area contributed by atoms with Crippen LogP contribution in [0.15, 0.2) is 53.7 Å². The summed E-state index contributed by atoms with van der Waals surface area (Å²) in [5, 5.41) is 11.8. The highest BCUT2D eigenvalue weighted by atomic mass is 32.2. The van der Waals surface area contributed by atoms with Crippen LogP contribution in [0.25, 0.3) is 5.69 Å². The van der Waals surface area contributed by atoms with Gasteiger partial charge in [-0.1, -0.05) is 48.5 Å². The zero-order chi connectivity index (χ0) is 19.4. The summed E-state index contributed by atoms with van der Waals surface area (Å²) in [6, 6.07) is 16.1. The second kappa shape index (κ2) is 8.39. The highest BCUT2D eigenvalue weighted by Gasteiger charge is 2.20. The van der Waals surface area contributed by atoms with Crippen LogP contribution in [0.1, 0.15) is 30.8 Å². The molecule has 1 aromatic heterocycles. The standard InChI is InChI=1S/C21H24N4OS/c1-5-17-8-10-18(11-9-17)22-20(26)15(3)27-21-24-23-16(4)25(21)19-12-6-14(2)7-13-19/h6-13,15H,5H2,1-4H3,(H,22,26)/t15-/m1/s1. The Balaban J connectivity index is 1.72. The van der Waals surface area contributed by atoms with Gasteiger partial charge in [0.25, 0.3) is 0 Å². The van der Waals surface area contributed by atoms with Crippen molar-refractivity contribution in [1.29, 1.82) is 0 Å². The van der Waals surface area contributed by atoms with Crippen LogP contribution in [0.2, 0.25) is 0 Å². The molecule has 0 saturated carbocycles. The minimum absolute atomic E-state index is 0.0552. The molecule has 0 bridgehead atoms. The number of carbonyl (C=O) groups excluding carboxylic acids is 1. The first-order chi connectivity index (χ1) is 13.0. The number of hydrogen-bond acceptors (Lipinski definition) is 4. The Morgan fingerprint density at radius 1 is 1.07 bits per heavy atom. The van der Waals surface area contributed by atoms with Crippen LogP contribution in [0, 0.1) is 13.8 Å². The molecule has 0 aliphatic heterocycles. The van der Waals surface area contributed by atoms with E-state index in [9.17, 15) is 4.79 Å². The number of thioether (sulfide) groups is 1. The number of benzene rings is 2. The molecule has 0 unspecified atom stereocenters. The minimum Gasteiger partial charge on any atom is -0.325 e. The van der Waals surface area contributed by atoms with E-state index in [4.69, 9.17) is 0 Å². The predicted octanol–water partition coefficient (Wildman–Crippen LogP) is 4.57. The summed E-state index contributed by atoms with van der Waals surface area (Å²) < 4.78 is 1.98. The van der Waals surface area contributed by atoms with Gasteiger partial charge in [-0.15, -0.1) is 10.2 Å². The molecule has 6 heteroatoms. The van der Waals surface area contributed by atoms with Crippen LogP contribution in [0.4, 0.5) is 5.69 Å². The van der Waals surface area contributed by atoms with Crippen molar-refractivity contribution in [1.82, 2.24) is 14.8 Å². The van der Waals surface area contributed by atoms with Gasteiger partial charge in [0, 0.05) is 11.4 Å². The zero-order valence-corrected chi connectivity index (χ0v) is 16.9. The highest BCUT2D eigenvalue weighted by molar-refractivity contribution is 8.00. The lowest BCUT2D eigenvalue weighted by Gasteiger charge is -2.13. The first-order valence-electron chi connectivity index (χ1n) is 9.03. The molecular weight excluding hydrogens is 356 g/mol. The molecule has 0 saturated heterocycles. The van der Waals surface area contributed by atoms with E-state index in [2.05, 4.69) is 41.5 Å². The van der Waals surface area contributed by atoms with Gasteiger partial charge in [-0.2, -0.15) is 0 Å². The summed E-state index contributed by atoms with van der Waals surface area (Å²) in [4.78, 5) is 12.6. The summed E-state index contributed by atoms with van der Waals surface area (Å²) in [5.41, 5.74) is 4.24. The van der Waals surface area contributed by atoms with Crippen molar-refractivity contribution < 1.29 is 4.79 Å². The normalized spacial score (nSPS) is 12.0. The molecule has 3 aromatic rings. The Morgan fingerprint density at radius 2 is 1.74 bits per heavy atom. The molecule has 0 aliphatic rings. The number of aryl methyl sites for hydroxylation is 3. The molecule has 27 heavy (non-hydrogen) atoms. The molecule has 0 radical (unpaired) electrons. The molecule has 140 valence electrons. The molecule has 0 aliphatic carbocycles. The maximum absolute atomic E-state index is 12.6. The molecule has 0 spiro atoms. The third-order valence-corrected chi connectivity index (χ3v) is 5.41. The first-order valence-corrected chi connectivity index (χ1v) is 9.91. The fourth-order valence-corrected chi connectivity index (χ4v) is 3.60. The Morgan fingerprint density at radius 3 is 2.37 bits per heavy atom. The number of nitrogens with one attached hydrogen (secondary N) is 1. The van der Waals surface area contributed by atoms with E-state index in [-0.39, 0.29) is 11.2 Å². The number of anilines is 1. The second-order valence-electron chi connectivity index (χ2n) is 6.50. The molecule has 5 nitrogen and oxygen atoms in total. The quantitative estimate of drug-likeness (QED) is 0.637. The smallest absolute Gasteiger partial charge is 0.237 e. The van der Waals surface area contributed by atoms with Crippen molar-refractivity contribution in [2.45, 2.75) is 44.5 Å². The topological polar surface area (TPSA) is 59.8 Å². The van der Waals surface area contributed by atoms with E-state index >= 15 is 0 Å². The van der Waals surface area contributed by atoms with Gasteiger partial charge in [-0.25, -0.2) is 0 Å². The van der Waals surface area contributed by atoms with Crippen molar-refractivity contribution in [2.75, 3.05) is 5.32 Å². The minimum atomic E-state index is -0.302. The van der Waals surface area contributed by atoms with Crippen molar-refractivity contribution >= 4 is 23.4 Å². The van der Waals surface area contributed by atoms with Gasteiger partial charge in [0.05, 0.1) is 5.25 Å². The van der Waals surface area contributed by atoms with E-state index < -0.39 is 0 Å². The third kappa shape index (κ3) is 4.57. The summed E-state index contributed by atoms with van der Waals surface area (Å²) in [5.74, 6) is 0.740. The lowest BCUT2D eigenvalue weighted by atomic mass is 10.1. The van der Waals surface area contributed by atoms with Gasteiger partial charge >= 0.3 is 0 Å². The number of rotatable bonds is 6. The Labute approximate surface area is 164 Å². The number of carbonyl (C=O) groups is 1. The predicted molar refractivity (Wildman–Crippen MR) is 111 cm³/mol. The molecule has 1 atom stereocenters. The average Bonchev–Trinajstić information content (AvgIpc) is 3.03. The summed E-state index contributed by atoms with van der Waals surface area (Å²) in [6.45, 7) is 7.96. The Bertz CT molecular complexity index is 916. The molecule has 1 N–H and O–H groups in total. The maximum Gasteiger partial charge on any atom is 0.237 e. The fraction of sp³-hybridized carbons (Fsp3) is 0.286. The lowest BCUT2D eigenvalue weighted by molar-refractivity contribution is -0.115. The molecular formula is C21H24N4OS. The van der Waals surface area contributed by atoms with Gasteiger partial charge in [-0.3, -0.25) is 9.36 Å². The van der Waals surface area contributed by atoms with E-state index in [1.165, 1.54) is 22.9 Å². The molecule has 3 rings (SSSR count). The Hall–Kier alpha value is -2.60. The average molecular weight is 381 g/mol. The summed E-state index contributed by atoms with van der Waals surface area (Å²) in [6.07, 6.45) is 0.981. The number of aromatic nitrogens is 3. The van der Waals surface area contributed by atoms with Gasteiger partial charge in [0.2, 0.25) is 5.91 Å². The monoisotopic (exact) mass is 380 g/mol. The van der Waals surface area contributed by atoms with Gasteiger partial charge in [-0.05, 0) is 57.0 Å². The van der Waals surface area contributed by atoms with Crippen molar-refractivity contribution in [2.24, 2.45) is 0 Å². The van der Waals surface area contributed by atoms with E-state index in [1.54, 1.807) is 0 Å². The molecule has 0 fully saturated rings. The van der Waals surface area contributed by atoms with Crippen molar-refractivity contribution in [3.63, 3.8) is 0 Å². The van der Waals surface area contributed by atoms with E-state index in [1.807, 2.05) is 54.8 Å². The molecule has 1 heterocycles. The largest absolute Gasteiger partial charge is 0.325 e. The second-order valence-corrected chi connectivity index (χ2v) is 7.81. The van der Waals surface area contributed by atoms with Crippen LogP contribution < -0.4 is 5.32 Å².